The molecule has 1 aromatic carbocycles. The summed E-state index contributed by atoms with van der Waals surface area (Å²) in [5.41, 5.74) is 0.363. The van der Waals surface area contributed by atoms with E-state index in [4.69, 9.17) is 0 Å². The number of rotatable bonds is 5. The molecule has 7 nitrogen and oxygen atoms in total. The van der Waals surface area contributed by atoms with Crippen LogP contribution >= 0.6 is 0 Å². The van der Waals surface area contributed by atoms with Crippen LogP contribution in [0.2, 0.25) is 0 Å². The number of nitrogens with zero attached hydrogens (tertiary/aromatic N) is 3. The molecule has 1 saturated carbocycles. The molecule has 138 valence electrons. The van der Waals surface area contributed by atoms with Gasteiger partial charge in [-0.15, -0.1) is 0 Å². The van der Waals surface area contributed by atoms with Crippen LogP contribution in [0.25, 0.3) is 0 Å². The topological polar surface area (TPSA) is 83.8 Å². The molecule has 1 aliphatic carbocycles. The van der Waals surface area contributed by atoms with Gasteiger partial charge in [0.2, 0.25) is 10.0 Å². The summed E-state index contributed by atoms with van der Waals surface area (Å²) in [5, 5.41) is 11.6. The first kappa shape index (κ1) is 18.1. The van der Waals surface area contributed by atoms with Crippen molar-refractivity contribution in [1.82, 2.24) is 4.31 Å². The Morgan fingerprint density at radius 2 is 1.76 bits per heavy atom. The van der Waals surface area contributed by atoms with E-state index in [0.717, 1.165) is 44.9 Å². The van der Waals surface area contributed by atoms with Crippen LogP contribution in [0.4, 0.5) is 11.4 Å². The molecule has 0 unspecified atom stereocenters. The SMILES string of the molecule is CN(c1ccc(S(=O)(=O)N2CCCCC2)cc1[N+](=O)[O-])C1CCCC1. The standard InChI is InChI=1S/C17H25N3O4S/c1-18(14-7-3-4-8-14)16-10-9-15(13-17(16)20(21)22)25(23,24)19-11-5-2-6-12-19/h9-10,13-14H,2-8,11-12H2,1H3. The van der Waals surface area contributed by atoms with Gasteiger partial charge in [-0.3, -0.25) is 10.1 Å². The average molecular weight is 367 g/mol. The van der Waals surface area contributed by atoms with Crippen LogP contribution in [0.5, 0.6) is 0 Å². The zero-order valence-corrected chi connectivity index (χ0v) is 15.4. The predicted octanol–water partition coefficient (Wildman–Crippen LogP) is 3.15. The van der Waals surface area contributed by atoms with Gasteiger partial charge in [0.25, 0.3) is 5.69 Å². The molecule has 25 heavy (non-hydrogen) atoms. The lowest BCUT2D eigenvalue weighted by atomic mass is 10.1. The Hall–Kier alpha value is -1.67. The van der Waals surface area contributed by atoms with E-state index >= 15 is 0 Å². The van der Waals surface area contributed by atoms with Crippen LogP contribution in [0.1, 0.15) is 44.9 Å². The Bertz CT molecular complexity index is 738. The molecule has 1 aliphatic heterocycles. The molecule has 0 bridgehead atoms. The second-order valence-corrected chi connectivity index (χ2v) is 8.86. The third-order valence-corrected chi connectivity index (χ3v) is 7.24. The van der Waals surface area contributed by atoms with E-state index in [2.05, 4.69) is 0 Å². The molecule has 0 amide bonds. The Morgan fingerprint density at radius 1 is 1.12 bits per heavy atom. The van der Waals surface area contributed by atoms with Crippen LogP contribution in [-0.4, -0.2) is 43.8 Å². The van der Waals surface area contributed by atoms with Crippen molar-refractivity contribution in [2.75, 3.05) is 25.0 Å². The summed E-state index contributed by atoms with van der Waals surface area (Å²) in [7, 11) is -1.81. The molecule has 2 aliphatic rings. The van der Waals surface area contributed by atoms with Gasteiger partial charge in [-0.1, -0.05) is 19.3 Å². The quantitative estimate of drug-likeness (QED) is 0.590. The van der Waals surface area contributed by atoms with Gasteiger partial charge in [0, 0.05) is 32.2 Å². The maximum atomic E-state index is 12.8. The molecule has 0 N–H and O–H groups in total. The highest BCUT2D eigenvalue weighted by Crippen LogP contribution is 2.35. The Kier molecular flexibility index (Phi) is 5.29. The number of nitro groups is 1. The second kappa shape index (κ2) is 7.29. The lowest BCUT2D eigenvalue weighted by Crippen LogP contribution is -2.35. The highest BCUT2D eigenvalue weighted by Gasteiger charge is 2.30. The highest BCUT2D eigenvalue weighted by molar-refractivity contribution is 7.89. The maximum Gasteiger partial charge on any atom is 0.293 e. The minimum absolute atomic E-state index is 0.0182. The van der Waals surface area contributed by atoms with Gasteiger partial charge in [0.15, 0.2) is 0 Å². The zero-order chi connectivity index (χ0) is 18.0. The van der Waals surface area contributed by atoms with Gasteiger partial charge in [-0.2, -0.15) is 4.31 Å². The normalized spacial score (nSPS) is 19.9. The van der Waals surface area contributed by atoms with E-state index in [1.54, 1.807) is 6.07 Å². The summed E-state index contributed by atoms with van der Waals surface area (Å²) in [6.45, 7) is 0.972. The predicted molar refractivity (Wildman–Crippen MR) is 96.4 cm³/mol. The molecule has 3 rings (SSSR count). The second-order valence-electron chi connectivity index (χ2n) is 6.92. The summed E-state index contributed by atoms with van der Waals surface area (Å²) in [4.78, 5) is 13.0. The molecule has 2 fully saturated rings. The summed E-state index contributed by atoms with van der Waals surface area (Å²) >= 11 is 0. The molecule has 0 aromatic heterocycles. The molecule has 0 atom stereocenters. The fraction of sp³-hybridized carbons (Fsp3) is 0.647. The zero-order valence-electron chi connectivity index (χ0n) is 14.6. The van der Waals surface area contributed by atoms with Gasteiger partial charge in [0.1, 0.15) is 5.69 Å². The van der Waals surface area contributed by atoms with E-state index in [0.29, 0.717) is 18.8 Å². The van der Waals surface area contributed by atoms with Crippen molar-refractivity contribution in [3.05, 3.63) is 28.3 Å². The molecule has 1 aromatic rings. The van der Waals surface area contributed by atoms with Crippen LogP contribution in [-0.2, 0) is 10.0 Å². The first-order chi connectivity index (χ1) is 11.9. The molecule has 1 heterocycles. The van der Waals surface area contributed by atoms with Crippen molar-refractivity contribution >= 4 is 21.4 Å². The van der Waals surface area contributed by atoms with Gasteiger partial charge in [0.05, 0.1) is 9.82 Å². The van der Waals surface area contributed by atoms with Crippen molar-refractivity contribution in [1.29, 1.82) is 0 Å². The van der Waals surface area contributed by atoms with Crippen molar-refractivity contribution in [2.45, 2.75) is 55.9 Å². The van der Waals surface area contributed by atoms with Crippen LogP contribution in [0.15, 0.2) is 23.1 Å². The largest absolute Gasteiger partial charge is 0.366 e. The average Bonchev–Trinajstić information content (AvgIpc) is 3.16. The molecule has 0 radical (unpaired) electrons. The number of piperidine rings is 1. The summed E-state index contributed by atoms with van der Waals surface area (Å²) < 4.78 is 27.0. The minimum atomic E-state index is -3.67. The number of benzene rings is 1. The van der Waals surface area contributed by atoms with E-state index in [-0.39, 0.29) is 16.6 Å². The van der Waals surface area contributed by atoms with Crippen molar-refractivity contribution in [2.24, 2.45) is 0 Å². The van der Waals surface area contributed by atoms with E-state index in [1.165, 1.54) is 16.4 Å². The van der Waals surface area contributed by atoms with Crippen LogP contribution in [0.3, 0.4) is 0 Å². The maximum absolute atomic E-state index is 12.8. The molecular formula is C17H25N3O4S. The number of sulfonamides is 1. The summed E-state index contributed by atoms with van der Waals surface area (Å²) in [6.07, 6.45) is 6.99. The van der Waals surface area contributed by atoms with Gasteiger partial charge in [-0.25, -0.2) is 8.42 Å². The molecular weight excluding hydrogens is 342 g/mol. The fourth-order valence-corrected chi connectivity index (χ4v) is 5.39. The Labute approximate surface area is 148 Å². The third-order valence-electron chi connectivity index (χ3n) is 5.35. The molecule has 0 spiro atoms. The van der Waals surface area contributed by atoms with Gasteiger partial charge in [-0.05, 0) is 37.8 Å². The van der Waals surface area contributed by atoms with Crippen molar-refractivity contribution < 1.29 is 13.3 Å². The monoisotopic (exact) mass is 367 g/mol. The van der Waals surface area contributed by atoms with Gasteiger partial charge >= 0.3 is 0 Å². The summed E-state index contributed by atoms with van der Waals surface area (Å²) in [6, 6.07) is 4.61. The first-order valence-electron chi connectivity index (χ1n) is 8.92. The molecule has 8 heteroatoms. The fourth-order valence-electron chi connectivity index (χ4n) is 3.85. The highest BCUT2D eigenvalue weighted by atomic mass is 32.2. The van der Waals surface area contributed by atoms with E-state index in [9.17, 15) is 18.5 Å². The number of hydrogen-bond donors (Lipinski definition) is 0. The Morgan fingerprint density at radius 3 is 2.36 bits per heavy atom. The molecule has 1 saturated heterocycles. The van der Waals surface area contributed by atoms with Crippen molar-refractivity contribution in [3.63, 3.8) is 0 Å². The lowest BCUT2D eigenvalue weighted by Gasteiger charge is -2.28. The van der Waals surface area contributed by atoms with E-state index in [1.807, 2.05) is 11.9 Å². The Balaban J connectivity index is 1.94. The van der Waals surface area contributed by atoms with Crippen LogP contribution in [0, 0.1) is 10.1 Å². The minimum Gasteiger partial charge on any atom is -0.366 e. The van der Waals surface area contributed by atoms with E-state index < -0.39 is 14.9 Å². The number of hydrogen-bond acceptors (Lipinski definition) is 5. The smallest absolute Gasteiger partial charge is 0.293 e. The van der Waals surface area contributed by atoms with Gasteiger partial charge < -0.3 is 4.90 Å². The van der Waals surface area contributed by atoms with Crippen molar-refractivity contribution in [3.8, 4) is 0 Å². The number of nitro benzene ring substituents is 1. The lowest BCUT2D eigenvalue weighted by molar-refractivity contribution is -0.384. The first-order valence-corrected chi connectivity index (χ1v) is 10.4. The van der Waals surface area contributed by atoms with Crippen LogP contribution < -0.4 is 4.90 Å². The number of anilines is 1. The third kappa shape index (κ3) is 3.64. The summed E-state index contributed by atoms with van der Waals surface area (Å²) in [5.74, 6) is 0.